The molecular formula is C84H99F12N9O4. The highest BCUT2D eigenvalue weighted by Gasteiger charge is 2.47. The van der Waals surface area contributed by atoms with Gasteiger partial charge in [0.25, 0.3) is 5.92 Å². The van der Waals surface area contributed by atoms with Crippen LogP contribution in [-0.4, -0.2) is 189 Å². The van der Waals surface area contributed by atoms with E-state index in [1.165, 1.54) is 30.9 Å². The smallest absolute Gasteiger partial charge is 0.401 e. The number of nitrogens with one attached hydrogen (secondary N) is 3. The van der Waals surface area contributed by atoms with Crippen molar-refractivity contribution in [2.24, 2.45) is 5.92 Å². The number of aliphatic hydroxyl groups excluding tert-OH is 1. The van der Waals surface area contributed by atoms with Gasteiger partial charge in [-0.25, -0.2) is 39.5 Å². The molecule has 3 fully saturated rings. The van der Waals surface area contributed by atoms with Crippen LogP contribution < -0.4 is 14.2 Å². The molecule has 0 aliphatic carbocycles. The number of aliphatic hydroxyl groups is 1. The summed E-state index contributed by atoms with van der Waals surface area (Å²) in [4.78, 5) is 20.9. The van der Waals surface area contributed by atoms with Gasteiger partial charge in [-0.15, -0.1) is 0 Å². The number of unbranched alkanes of at least 4 members (excludes halogenated alkanes) is 2. The summed E-state index contributed by atoms with van der Waals surface area (Å²) >= 11 is 0. The van der Waals surface area contributed by atoms with Gasteiger partial charge in [0, 0.05) is 173 Å². The Morgan fingerprint density at radius 2 is 0.789 bits per heavy atom. The standard InChI is InChI=1S/C29H36F3N3O.C28H33F4N3O2.C27H30F5N3O/c1-5-6-11-34-15-20(16-34)36-19-13-23(30)26(24(31)14-19)28-27-22(21-9-7-8-10-25(21)33-27)12-18(2)35(28)17-29(3,4)32;1-3-18-13-34(14-18)8-9-37-19-11-22(29)25(23(30)12-19)27-26-21(20-6-4-5-7-24(20)33-26)10-17(2)35(27)15-28(31,32)16-36;1-3-4-9-34-13-18(14-34)36-17-11-21(28)24(22(29)12-17)26-25-20(19-7-5-6-8-23(19)33-25)10-16(2)35(26)15-27(30,31)32/h7-10,13-14,18,20,28,33H,5-6,11-12,15-17H2,1-4H3;4-7,11-12,17-18,27,33,36H,3,8-10,13-16H2,1-2H3;5-8,11-12,16,18,26,33H,3-4,9-10,13-15H2,1-2H3/t18-,28-;17-,27-;16-,26-/m111/s1. The molecule has 0 bridgehead atoms. The number of benzene rings is 6. The number of rotatable bonds is 24. The number of aromatic amines is 3. The second-order valence-electron chi connectivity index (χ2n) is 31.4. The molecule has 0 unspecified atom stereocenters. The van der Waals surface area contributed by atoms with E-state index < -0.39 is 108 Å². The third-order valence-electron chi connectivity index (χ3n) is 22.5. The molecule has 0 amide bonds. The van der Waals surface area contributed by atoms with Crippen LogP contribution in [0.25, 0.3) is 32.7 Å². The molecule has 3 saturated heterocycles. The summed E-state index contributed by atoms with van der Waals surface area (Å²) < 4.78 is 196. The lowest BCUT2D eigenvalue weighted by Crippen LogP contribution is -2.53. The van der Waals surface area contributed by atoms with Crippen molar-refractivity contribution < 1.29 is 72.0 Å². The molecule has 15 rings (SSSR count). The van der Waals surface area contributed by atoms with Crippen LogP contribution in [0.5, 0.6) is 17.2 Å². The largest absolute Gasteiger partial charge is 0.492 e. The van der Waals surface area contributed by atoms with Crippen molar-refractivity contribution >= 4 is 32.7 Å². The third kappa shape index (κ3) is 17.5. The fraction of sp³-hybridized carbons (Fsp3) is 0.500. The van der Waals surface area contributed by atoms with E-state index in [4.69, 9.17) is 14.2 Å². The summed E-state index contributed by atoms with van der Waals surface area (Å²) in [6, 6.07) is 25.5. The van der Waals surface area contributed by atoms with Crippen molar-refractivity contribution in [3.8, 4) is 17.2 Å². The van der Waals surface area contributed by atoms with Crippen LogP contribution in [0.1, 0.15) is 156 Å². The Morgan fingerprint density at radius 1 is 0.450 bits per heavy atom. The van der Waals surface area contributed by atoms with Crippen molar-refractivity contribution in [2.75, 3.05) is 91.8 Å². The molecule has 588 valence electrons. The number of H-pyrrole nitrogens is 3. The van der Waals surface area contributed by atoms with Crippen molar-refractivity contribution in [2.45, 2.75) is 173 Å². The first-order valence-corrected chi connectivity index (χ1v) is 38.4. The first-order chi connectivity index (χ1) is 52.0. The van der Waals surface area contributed by atoms with Crippen LogP contribution in [0.15, 0.2) is 109 Å². The van der Waals surface area contributed by atoms with Gasteiger partial charge in [-0.3, -0.25) is 29.4 Å². The highest BCUT2D eigenvalue weighted by atomic mass is 19.4. The van der Waals surface area contributed by atoms with Gasteiger partial charge in [0.1, 0.15) is 83.2 Å². The summed E-state index contributed by atoms with van der Waals surface area (Å²) in [5.74, 6) is -7.29. The quantitative estimate of drug-likeness (QED) is 0.0436. The van der Waals surface area contributed by atoms with Gasteiger partial charge in [0.15, 0.2) is 0 Å². The predicted molar refractivity (Wildman–Crippen MR) is 400 cm³/mol. The van der Waals surface area contributed by atoms with Gasteiger partial charge in [0.2, 0.25) is 0 Å². The highest BCUT2D eigenvalue weighted by molar-refractivity contribution is 5.87. The fourth-order valence-corrected chi connectivity index (χ4v) is 17.0. The average Bonchev–Trinajstić information content (AvgIpc) is 1.64. The molecule has 6 aliphatic rings. The van der Waals surface area contributed by atoms with Crippen LogP contribution in [-0.2, 0) is 19.3 Å². The Balaban J connectivity index is 0.000000144. The number of hydrogen-bond acceptors (Lipinski definition) is 10. The molecule has 4 N–H and O–H groups in total. The minimum absolute atomic E-state index is 0.0528. The molecule has 0 spiro atoms. The second-order valence-corrected chi connectivity index (χ2v) is 31.4. The van der Waals surface area contributed by atoms with E-state index in [9.17, 15) is 31.4 Å². The first kappa shape index (κ1) is 79.3. The molecule has 25 heteroatoms. The molecular weight excluding hydrogens is 1430 g/mol. The first-order valence-electron chi connectivity index (χ1n) is 38.4. The van der Waals surface area contributed by atoms with E-state index in [1.54, 1.807) is 13.8 Å². The Morgan fingerprint density at radius 3 is 1.13 bits per heavy atom. The highest BCUT2D eigenvalue weighted by Crippen LogP contribution is 2.48. The Kier molecular flexibility index (Phi) is 23.9. The minimum atomic E-state index is -4.53. The van der Waals surface area contributed by atoms with Crippen LogP contribution in [0.3, 0.4) is 0 Å². The van der Waals surface area contributed by atoms with Gasteiger partial charge >= 0.3 is 6.18 Å². The van der Waals surface area contributed by atoms with Gasteiger partial charge in [-0.2, -0.15) is 13.2 Å². The van der Waals surface area contributed by atoms with E-state index in [0.717, 1.165) is 156 Å². The molecule has 9 aromatic rings. The molecule has 9 heterocycles. The number of aromatic nitrogens is 3. The third-order valence-corrected chi connectivity index (χ3v) is 22.5. The predicted octanol–water partition coefficient (Wildman–Crippen LogP) is 17.7. The van der Waals surface area contributed by atoms with E-state index in [2.05, 4.69) is 50.4 Å². The molecule has 13 nitrogen and oxygen atoms in total. The van der Waals surface area contributed by atoms with E-state index in [1.807, 2.05) is 84.6 Å². The zero-order chi connectivity index (χ0) is 77.5. The molecule has 3 aromatic heterocycles. The number of halogens is 12. The maximum atomic E-state index is 15.7. The number of fused-ring (bicyclic) bond motifs is 9. The summed E-state index contributed by atoms with van der Waals surface area (Å²) in [5, 5.41) is 12.0. The number of nitrogens with zero attached hydrogens (tertiary/aromatic N) is 6. The SMILES string of the molecule is CCC1CN(CCOc2cc(F)c([C@@H]3c4[nH]c5ccccc5c4C[C@@H](C)N3CC(F)(F)CO)c(F)c2)C1.CCCCN1CC(Oc2cc(F)c([C@@H]3c4[nH]c5ccccc5c4C[C@@H](C)N3CC(C)(C)F)c(F)c2)C1.CCCCN1CC(Oc2cc(F)c([C@@H]3c4[nH]c5ccccc5c4C[C@@H](C)N3CC(F)(F)F)c(F)c2)C1. The molecule has 0 saturated carbocycles. The maximum absolute atomic E-state index is 15.7. The van der Waals surface area contributed by atoms with Crippen LogP contribution in [0.4, 0.5) is 52.7 Å². The molecule has 6 aromatic carbocycles. The van der Waals surface area contributed by atoms with Gasteiger partial charge in [-0.05, 0) is 121 Å². The Bertz CT molecular complexity index is 4370. The van der Waals surface area contributed by atoms with Crippen molar-refractivity contribution in [3.05, 3.63) is 195 Å². The second kappa shape index (κ2) is 32.9. The van der Waals surface area contributed by atoms with Gasteiger partial charge in [0.05, 0.1) is 31.2 Å². The van der Waals surface area contributed by atoms with Crippen LogP contribution in [0, 0.1) is 40.8 Å². The number of likely N-dealkylation sites (tertiary alicyclic amines) is 3. The molecule has 109 heavy (non-hydrogen) atoms. The number of hydrogen-bond donors (Lipinski definition) is 4. The fourth-order valence-electron chi connectivity index (χ4n) is 17.0. The van der Waals surface area contributed by atoms with E-state index in [-0.39, 0.29) is 53.2 Å². The minimum Gasteiger partial charge on any atom is -0.492 e. The summed E-state index contributed by atoms with van der Waals surface area (Å²) in [6.07, 6.45) is 2.25. The lowest BCUT2D eigenvalue weighted by molar-refractivity contribution is -0.155. The van der Waals surface area contributed by atoms with E-state index >= 15 is 26.3 Å². The monoisotopic (exact) mass is 1530 g/mol. The number of ether oxygens (including phenoxy) is 3. The van der Waals surface area contributed by atoms with Crippen molar-refractivity contribution in [1.29, 1.82) is 0 Å². The normalized spacial score (nSPS) is 21.4. The molecule has 6 atom stereocenters. The average molecular weight is 1530 g/mol. The molecule has 6 aliphatic heterocycles. The summed E-state index contributed by atoms with van der Waals surface area (Å²) in [5.41, 5.74) is 4.43. The van der Waals surface area contributed by atoms with E-state index in [0.29, 0.717) is 62.8 Å². The zero-order valence-corrected chi connectivity index (χ0v) is 63.0. The number of para-hydroxylation sites is 3. The van der Waals surface area contributed by atoms with Crippen LogP contribution in [0.2, 0.25) is 0 Å². The van der Waals surface area contributed by atoms with Crippen LogP contribution >= 0.6 is 0 Å². The summed E-state index contributed by atoms with van der Waals surface area (Å²) in [7, 11) is 0. The maximum Gasteiger partial charge on any atom is 0.401 e. The molecule has 0 radical (unpaired) electrons. The Labute approximate surface area is 628 Å². The Hall–Kier alpha value is -7.78. The zero-order valence-electron chi connectivity index (χ0n) is 63.0. The summed E-state index contributed by atoms with van der Waals surface area (Å²) in [6.45, 7) is 19.3. The number of alkyl halides is 6. The van der Waals surface area contributed by atoms with Gasteiger partial charge in [-0.1, -0.05) is 94.6 Å². The lowest BCUT2D eigenvalue weighted by Gasteiger charge is -2.43. The lowest BCUT2D eigenvalue weighted by atomic mass is 9.87. The van der Waals surface area contributed by atoms with Crippen molar-refractivity contribution in [1.82, 2.24) is 44.4 Å². The van der Waals surface area contributed by atoms with Crippen molar-refractivity contribution in [3.63, 3.8) is 0 Å². The van der Waals surface area contributed by atoms with Gasteiger partial charge < -0.3 is 34.3 Å². The topological polar surface area (TPSA) is 115 Å².